The summed E-state index contributed by atoms with van der Waals surface area (Å²) < 4.78 is 5.04. The van der Waals surface area contributed by atoms with Gasteiger partial charge < -0.3 is 14.9 Å². The van der Waals surface area contributed by atoms with Crippen LogP contribution in [-0.2, 0) is 4.79 Å². The lowest BCUT2D eigenvalue weighted by Gasteiger charge is -2.05. The molecule has 20 heavy (non-hydrogen) atoms. The van der Waals surface area contributed by atoms with E-state index in [1.165, 1.54) is 11.8 Å². The van der Waals surface area contributed by atoms with E-state index in [9.17, 15) is 9.59 Å². The van der Waals surface area contributed by atoms with Crippen molar-refractivity contribution in [2.45, 2.75) is 32.6 Å². The second kappa shape index (κ2) is 8.63. The van der Waals surface area contributed by atoms with Crippen LogP contribution in [0.15, 0.2) is 10.6 Å². The number of hydrogen-bond donors (Lipinski definition) is 2. The Balaban J connectivity index is 2.38. The minimum absolute atomic E-state index is 0.0387. The first kappa shape index (κ1) is 16.6. The van der Waals surface area contributed by atoms with Gasteiger partial charge in [0.25, 0.3) is 5.91 Å². The second-order valence-corrected chi connectivity index (χ2v) is 5.44. The Labute approximate surface area is 122 Å². The van der Waals surface area contributed by atoms with E-state index in [0.29, 0.717) is 18.2 Å². The molecule has 0 aliphatic carbocycles. The maximum atomic E-state index is 11.8. The molecule has 1 aromatic rings. The van der Waals surface area contributed by atoms with Crippen LogP contribution in [0.3, 0.4) is 0 Å². The lowest BCUT2D eigenvalue weighted by Crippen LogP contribution is -2.25. The van der Waals surface area contributed by atoms with Gasteiger partial charge >= 0.3 is 5.97 Å². The average Bonchev–Trinajstić information content (AvgIpc) is 2.89. The van der Waals surface area contributed by atoms with Crippen LogP contribution in [0.4, 0.5) is 0 Å². The number of nitrogens with zero attached hydrogens (tertiary/aromatic N) is 1. The van der Waals surface area contributed by atoms with E-state index in [2.05, 4.69) is 24.3 Å². The summed E-state index contributed by atoms with van der Waals surface area (Å²) in [6.07, 6.45) is 1.91. The Hall–Kier alpha value is -1.50. The zero-order valence-electron chi connectivity index (χ0n) is 11.7. The van der Waals surface area contributed by atoms with Crippen molar-refractivity contribution in [3.63, 3.8) is 0 Å². The van der Waals surface area contributed by atoms with Crippen molar-refractivity contribution in [2.24, 2.45) is 0 Å². The molecule has 7 heteroatoms. The van der Waals surface area contributed by atoms with Crippen LogP contribution in [0.5, 0.6) is 0 Å². The molecule has 1 aromatic heterocycles. The van der Waals surface area contributed by atoms with Crippen molar-refractivity contribution in [1.82, 2.24) is 10.5 Å². The number of aliphatic carboxylic acids is 1. The molecule has 0 aliphatic heterocycles. The van der Waals surface area contributed by atoms with Crippen LogP contribution >= 0.6 is 11.8 Å². The van der Waals surface area contributed by atoms with Crippen molar-refractivity contribution >= 4 is 23.6 Å². The van der Waals surface area contributed by atoms with Gasteiger partial charge in [-0.15, -0.1) is 11.8 Å². The molecule has 0 aromatic carbocycles. The van der Waals surface area contributed by atoms with Crippen LogP contribution in [0.1, 0.15) is 48.9 Å². The molecule has 0 saturated heterocycles. The SMILES string of the molecule is CCC(CC)c1cc(C(=O)NCCSCC(=O)O)on1. The quantitative estimate of drug-likeness (QED) is 0.679. The Bertz CT molecular complexity index is 443. The van der Waals surface area contributed by atoms with Gasteiger partial charge in [-0.05, 0) is 12.8 Å². The van der Waals surface area contributed by atoms with Gasteiger partial charge in [0.15, 0.2) is 0 Å². The Morgan fingerprint density at radius 1 is 1.45 bits per heavy atom. The van der Waals surface area contributed by atoms with Gasteiger partial charge in [-0.2, -0.15) is 0 Å². The van der Waals surface area contributed by atoms with Crippen molar-refractivity contribution in [1.29, 1.82) is 0 Å². The number of rotatable bonds is 9. The average molecular weight is 300 g/mol. The normalized spacial score (nSPS) is 10.8. The zero-order chi connectivity index (χ0) is 15.0. The summed E-state index contributed by atoms with van der Waals surface area (Å²) in [5.41, 5.74) is 0.806. The zero-order valence-corrected chi connectivity index (χ0v) is 12.5. The Morgan fingerprint density at radius 2 is 2.15 bits per heavy atom. The molecule has 1 amide bonds. The lowest BCUT2D eigenvalue weighted by atomic mass is 9.99. The van der Waals surface area contributed by atoms with Crippen LogP contribution in [0.2, 0.25) is 0 Å². The predicted molar refractivity (Wildman–Crippen MR) is 77.1 cm³/mol. The topological polar surface area (TPSA) is 92.4 Å². The van der Waals surface area contributed by atoms with E-state index in [1.54, 1.807) is 6.07 Å². The van der Waals surface area contributed by atoms with Gasteiger partial charge in [0, 0.05) is 24.3 Å². The highest BCUT2D eigenvalue weighted by atomic mass is 32.2. The summed E-state index contributed by atoms with van der Waals surface area (Å²) in [4.78, 5) is 22.1. The molecule has 1 heterocycles. The summed E-state index contributed by atoms with van der Waals surface area (Å²) in [5.74, 6) is -0.0682. The number of thioether (sulfide) groups is 1. The first-order chi connectivity index (χ1) is 9.58. The number of carboxylic acid groups (broad SMARTS) is 1. The number of nitrogens with one attached hydrogen (secondary N) is 1. The van der Waals surface area contributed by atoms with Crippen molar-refractivity contribution in [3.8, 4) is 0 Å². The molecular weight excluding hydrogens is 280 g/mol. The molecule has 0 atom stereocenters. The van der Waals surface area contributed by atoms with Crippen LogP contribution in [-0.4, -0.2) is 40.2 Å². The smallest absolute Gasteiger partial charge is 0.313 e. The van der Waals surface area contributed by atoms with Gasteiger partial charge in [0.1, 0.15) is 0 Å². The molecule has 0 spiro atoms. The maximum Gasteiger partial charge on any atom is 0.313 e. The standard InChI is InChI=1S/C13H20N2O4S/c1-3-9(4-2)10-7-11(19-15-10)13(18)14-5-6-20-8-12(16)17/h7,9H,3-6,8H2,1-2H3,(H,14,18)(H,16,17). The van der Waals surface area contributed by atoms with Gasteiger partial charge in [-0.3, -0.25) is 9.59 Å². The third-order valence-corrected chi connectivity index (χ3v) is 3.86. The molecule has 0 radical (unpaired) electrons. The van der Waals surface area contributed by atoms with E-state index >= 15 is 0 Å². The Morgan fingerprint density at radius 3 is 2.75 bits per heavy atom. The fraction of sp³-hybridized carbons (Fsp3) is 0.615. The molecule has 0 bridgehead atoms. The van der Waals surface area contributed by atoms with E-state index < -0.39 is 5.97 Å². The van der Waals surface area contributed by atoms with Gasteiger partial charge in [0.2, 0.25) is 5.76 Å². The summed E-state index contributed by atoms with van der Waals surface area (Å²) in [6.45, 7) is 4.54. The maximum absolute atomic E-state index is 11.8. The summed E-state index contributed by atoms with van der Waals surface area (Å²) in [5, 5.41) is 15.1. The minimum atomic E-state index is -0.855. The van der Waals surface area contributed by atoms with Crippen molar-refractivity contribution in [3.05, 3.63) is 17.5 Å². The van der Waals surface area contributed by atoms with Gasteiger partial charge in [-0.25, -0.2) is 0 Å². The number of amides is 1. The van der Waals surface area contributed by atoms with Crippen LogP contribution < -0.4 is 5.32 Å². The fourth-order valence-corrected chi connectivity index (χ4v) is 2.34. The monoisotopic (exact) mass is 300 g/mol. The summed E-state index contributed by atoms with van der Waals surface area (Å²) in [6, 6.07) is 1.68. The first-order valence-corrected chi connectivity index (χ1v) is 7.78. The molecule has 0 unspecified atom stereocenters. The third kappa shape index (κ3) is 5.24. The van der Waals surface area contributed by atoms with E-state index in [1.807, 2.05) is 0 Å². The number of carbonyl (C=O) groups is 2. The largest absolute Gasteiger partial charge is 0.481 e. The summed E-state index contributed by atoms with van der Waals surface area (Å²) >= 11 is 1.26. The number of carboxylic acids is 1. The van der Waals surface area contributed by atoms with Gasteiger partial charge in [0.05, 0.1) is 11.4 Å². The molecule has 6 nitrogen and oxygen atoms in total. The molecule has 2 N–H and O–H groups in total. The van der Waals surface area contributed by atoms with Gasteiger partial charge in [-0.1, -0.05) is 19.0 Å². The van der Waals surface area contributed by atoms with Crippen molar-refractivity contribution in [2.75, 3.05) is 18.1 Å². The lowest BCUT2D eigenvalue weighted by molar-refractivity contribution is -0.133. The number of hydrogen-bond acceptors (Lipinski definition) is 5. The molecule has 0 aliphatic rings. The van der Waals surface area contributed by atoms with Crippen molar-refractivity contribution < 1.29 is 19.2 Å². The molecule has 0 fully saturated rings. The second-order valence-electron chi connectivity index (χ2n) is 4.33. The molecule has 0 saturated carbocycles. The molecule has 1 rings (SSSR count). The van der Waals surface area contributed by atoms with E-state index in [4.69, 9.17) is 9.63 Å². The van der Waals surface area contributed by atoms with Crippen LogP contribution in [0, 0.1) is 0 Å². The minimum Gasteiger partial charge on any atom is -0.481 e. The number of carbonyl (C=O) groups excluding carboxylic acids is 1. The Kier molecular flexibility index (Phi) is 7.14. The third-order valence-electron chi connectivity index (χ3n) is 2.91. The number of aromatic nitrogens is 1. The fourth-order valence-electron chi connectivity index (χ4n) is 1.78. The highest BCUT2D eigenvalue weighted by Crippen LogP contribution is 2.22. The molecular formula is C13H20N2O4S. The summed E-state index contributed by atoms with van der Waals surface area (Å²) in [7, 11) is 0. The van der Waals surface area contributed by atoms with Crippen LogP contribution in [0.25, 0.3) is 0 Å². The first-order valence-electron chi connectivity index (χ1n) is 6.62. The molecule has 112 valence electrons. The highest BCUT2D eigenvalue weighted by molar-refractivity contribution is 7.99. The van der Waals surface area contributed by atoms with E-state index in [0.717, 1.165) is 18.5 Å². The highest BCUT2D eigenvalue weighted by Gasteiger charge is 2.17. The predicted octanol–water partition coefficient (Wildman–Crippen LogP) is 2.13. The van der Waals surface area contributed by atoms with E-state index in [-0.39, 0.29) is 17.4 Å².